The molecule has 0 saturated heterocycles. The normalized spacial score (nSPS) is 11.3. The molecular weight excluding hydrogens is 280 g/mol. The Kier molecular flexibility index (Phi) is 4.44. The topological polar surface area (TPSA) is 24.7 Å². The molecule has 0 aliphatic rings. The first-order chi connectivity index (χ1) is 11.3. The summed E-state index contributed by atoms with van der Waals surface area (Å²) in [6.45, 7) is 3.63. The molecule has 2 nitrogen and oxygen atoms in total. The van der Waals surface area contributed by atoms with Crippen LogP contribution in [0.4, 0.5) is 0 Å². The van der Waals surface area contributed by atoms with Crippen molar-refractivity contribution in [2.24, 2.45) is 9.98 Å². The van der Waals surface area contributed by atoms with E-state index in [4.69, 9.17) is 0 Å². The van der Waals surface area contributed by atoms with Crippen LogP contribution >= 0.6 is 0 Å². The van der Waals surface area contributed by atoms with Gasteiger partial charge >= 0.3 is 0 Å². The fourth-order valence-corrected chi connectivity index (χ4v) is 2.64. The smallest absolute Gasteiger partial charge is 0.153 e. The van der Waals surface area contributed by atoms with E-state index >= 15 is 0 Å². The standard InChI is InChI=1S/C21H18N2/c1-22-21(23-2)20-14-18(16-9-5-3-6-10-16)13-19(15-20)17-11-7-4-8-12-17/h3-15H,1H2,2H3/b23-21-. The van der Waals surface area contributed by atoms with E-state index in [-0.39, 0.29) is 0 Å². The zero-order valence-electron chi connectivity index (χ0n) is 13.1. The van der Waals surface area contributed by atoms with Crippen LogP contribution in [0, 0.1) is 0 Å². The van der Waals surface area contributed by atoms with Gasteiger partial charge in [0.15, 0.2) is 5.84 Å². The molecule has 3 aromatic rings. The van der Waals surface area contributed by atoms with Gasteiger partial charge in [-0.3, -0.25) is 4.99 Å². The lowest BCUT2D eigenvalue weighted by molar-refractivity contribution is 1.39. The van der Waals surface area contributed by atoms with Crippen LogP contribution < -0.4 is 0 Å². The zero-order chi connectivity index (χ0) is 16.1. The van der Waals surface area contributed by atoms with E-state index in [0.29, 0.717) is 5.84 Å². The van der Waals surface area contributed by atoms with Gasteiger partial charge in [0.2, 0.25) is 0 Å². The highest BCUT2D eigenvalue weighted by molar-refractivity contribution is 6.03. The Bertz CT molecular complexity index is 776. The minimum atomic E-state index is 0.653. The average molecular weight is 298 g/mol. The Morgan fingerprint density at radius 3 is 1.57 bits per heavy atom. The third kappa shape index (κ3) is 3.27. The molecule has 0 atom stereocenters. The Hall–Kier alpha value is -3.00. The van der Waals surface area contributed by atoms with Crippen LogP contribution in [-0.2, 0) is 0 Å². The second-order valence-corrected chi connectivity index (χ2v) is 5.24. The van der Waals surface area contributed by atoms with Crippen molar-refractivity contribution in [3.05, 3.63) is 84.4 Å². The van der Waals surface area contributed by atoms with Crippen molar-refractivity contribution >= 4 is 12.6 Å². The molecule has 0 unspecified atom stereocenters. The molecule has 0 aromatic heterocycles. The van der Waals surface area contributed by atoms with E-state index in [1.54, 1.807) is 7.05 Å². The molecule has 0 amide bonds. The summed E-state index contributed by atoms with van der Waals surface area (Å²) in [4.78, 5) is 8.28. The van der Waals surface area contributed by atoms with Gasteiger partial charge < -0.3 is 0 Å². The SMILES string of the molecule is C=N/C(=N\C)c1cc(-c2ccccc2)cc(-c2ccccc2)c1. The molecule has 3 aromatic carbocycles. The lowest BCUT2D eigenvalue weighted by atomic mass is 9.96. The second kappa shape index (κ2) is 6.84. The molecule has 0 fully saturated rings. The highest BCUT2D eigenvalue weighted by Gasteiger charge is 2.08. The largest absolute Gasteiger partial charge is 0.270 e. The molecule has 0 saturated carbocycles. The van der Waals surface area contributed by atoms with Gasteiger partial charge in [-0.2, -0.15) is 0 Å². The third-order valence-electron chi connectivity index (χ3n) is 3.77. The summed E-state index contributed by atoms with van der Waals surface area (Å²) in [5.41, 5.74) is 5.61. The highest BCUT2D eigenvalue weighted by Crippen LogP contribution is 2.28. The number of hydrogen-bond acceptors (Lipinski definition) is 1. The quantitative estimate of drug-likeness (QED) is 0.475. The van der Waals surface area contributed by atoms with Crippen molar-refractivity contribution in [3.63, 3.8) is 0 Å². The van der Waals surface area contributed by atoms with E-state index in [0.717, 1.165) is 16.7 Å². The number of hydrogen-bond donors (Lipinski definition) is 0. The van der Waals surface area contributed by atoms with E-state index in [1.807, 2.05) is 36.4 Å². The molecule has 2 heteroatoms. The lowest BCUT2D eigenvalue weighted by Gasteiger charge is -2.10. The fourth-order valence-electron chi connectivity index (χ4n) is 2.64. The molecule has 112 valence electrons. The Morgan fingerprint density at radius 1 is 0.696 bits per heavy atom. The molecular formula is C21H18N2. The van der Waals surface area contributed by atoms with Crippen molar-refractivity contribution in [3.8, 4) is 22.3 Å². The van der Waals surface area contributed by atoms with Gasteiger partial charge in [0.05, 0.1) is 0 Å². The molecule has 0 spiro atoms. The van der Waals surface area contributed by atoms with Gasteiger partial charge in [0, 0.05) is 12.6 Å². The van der Waals surface area contributed by atoms with Crippen LogP contribution in [0.3, 0.4) is 0 Å². The highest BCUT2D eigenvalue weighted by atomic mass is 14.9. The van der Waals surface area contributed by atoms with Crippen molar-refractivity contribution in [2.45, 2.75) is 0 Å². The third-order valence-corrected chi connectivity index (χ3v) is 3.77. The Morgan fingerprint density at radius 2 is 1.17 bits per heavy atom. The maximum atomic E-state index is 4.23. The minimum Gasteiger partial charge on any atom is -0.270 e. The Balaban J connectivity index is 2.21. The molecule has 0 N–H and O–H groups in total. The summed E-state index contributed by atoms with van der Waals surface area (Å²) in [5.74, 6) is 0.653. The van der Waals surface area contributed by atoms with Crippen LogP contribution in [0.25, 0.3) is 22.3 Å². The van der Waals surface area contributed by atoms with Crippen LogP contribution in [-0.4, -0.2) is 19.6 Å². The van der Waals surface area contributed by atoms with E-state index in [1.165, 1.54) is 11.1 Å². The number of aliphatic imine (C=N–C) groups is 2. The molecule has 0 radical (unpaired) electrons. The van der Waals surface area contributed by atoms with Gasteiger partial charge in [-0.15, -0.1) is 0 Å². The van der Waals surface area contributed by atoms with Gasteiger partial charge in [-0.1, -0.05) is 60.7 Å². The first-order valence-corrected chi connectivity index (χ1v) is 7.51. The van der Waals surface area contributed by atoms with Gasteiger partial charge in [-0.05, 0) is 47.2 Å². The number of amidine groups is 1. The van der Waals surface area contributed by atoms with Crippen molar-refractivity contribution in [1.82, 2.24) is 0 Å². The summed E-state index contributed by atoms with van der Waals surface area (Å²) in [5, 5.41) is 0. The summed E-state index contributed by atoms with van der Waals surface area (Å²) in [7, 11) is 1.74. The van der Waals surface area contributed by atoms with Gasteiger partial charge in [-0.25, -0.2) is 4.99 Å². The average Bonchev–Trinajstić information content (AvgIpc) is 2.64. The maximum Gasteiger partial charge on any atom is 0.153 e. The first kappa shape index (κ1) is 14.9. The van der Waals surface area contributed by atoms with Crippen LogP contribution in [0.5, 0.6) is 0 Å². The molecule has 0 aliphatic carbocycles. The fraction of sp³-hybridized carbons (Fsp3) is 0.0476. The summed E-state index contributed by atoms with van der Waals surface area (Å²) in [6.07, 6.45) is 0. The van der Waals surface area contributed by atoms with Crippen LogP contribution in [0.1, 0.15) is 5.56 Å². The molecule has 0 aliphatic heterocycles. The number of rotatable bonds is 3. The van der Waals surface area contributed by atoms with Crippen molar-refractivity contribution in [1.29, 1.82) is 0 Å². The van der Waals surface area contributed by atoms with Crippen LogP contribution in [0.2, 0.25) is 0 Å². The summed E-state index contributed by atoms with van der Waals surface area (Å²) in [6, 6.07) is 27.1. The molecule has 0 bridgehead atoms. The van der Waals surface area contributed by atoms with Crippen molar-refractivity contribution < 1.29 is 0 Å². The van der Waals surface area contributed by atoms with Gasteiger partial charge in [0.25, 0.3) is 0 Å². The first-order valence-electron chi connectivity index (χ1n) is 7.51. The number of nitrogens with zero attached hydrogens (tertiary/aromatic N) is 2. The second-order valence-electron chi connectivity index (χ2n) is 5.24. The van der Waals surface area contributed by atoms with Gasteiger partial charge in [0.1, 0.15) is 0 Å². The van der Waals surface area contributed by atoms with E-state index < -0.39 is 0 Å². The van der Waals surface area contributed by atoms with Crippen molar-refractivity contribution in [2.75, 3.05) is 7.05 Å². The molecule has 3 rings (SSSR count). The predicted molar refractivity (Wildman–Crippen MR) is 99.3 cm³/mol. The molecule has 23 heavy (non-hydrogen) atoms. The predicted octanol–water partition coefficient (Wildman–Crippen LogP) is 5.10. The number of benzene rings is 3. The van der Waals surface area contributed by atoms with E-state index in [9.17, 15) is 0 Å². The summed E-state index contributed by atoms with van der Waals surface area (Å²) < 4.78 is 0. The van der Waals surface area contributed by atoms with Crippen LogP contribution in [0.15, 0.2) is 88.8 Å². The monoisotopic (exact) mass is 298 g/mol. The Labute approximate surface area is 136 Å². The lowest BCUT2D eigenvalue weighted by Crippen LogP contribution is -1.98. The van der Waals surface area contributed by atoms with E-state index in [2.05, 4.69) is 59.2 Å². The maximum absolute atomic E-state index is 4.23. The zero-order valence-corrected chi connectivity index (χ0v) is 13.1. The summed E-state index contributed by atoms with van der Waals surface area (Å²) >= 11 is 0. The minimum absolute atomic E-state index is 0.653. The molecule has 0 heterocycles.